The summed E-state index contributed by atoms with van der Waals surface area (Å²) in [5.41, 5.74) is 6.03. The Hall–Kier alpha value is -1.69. The standard InChI is InChI=1S/C12H11BrFN3O/c1-2-5-17-10(11(15)16-12(17)18)8-6-7(13)3-4-9(8)14/h2-4,6,10H,1,5H2,(H2,15,16,18). The number of amidine groups is 1. The van der Waals surface area contributed by atoms with Crippen molar-refractivity contribution in [1.29, 1.82) is 0 Å². The molecule has 1 unspecified atom stereocenters. The molecule has 1 aliphatic rings. The molecule has 0 fully saturated rings. The fourth-order valence-corrected chi connectivity index (χ4v) is 2.26. The second kappa shape index (κ2) is 4.89. The van der Waals surface area contributed by atoms with E-state index in [4.69, 9.17) is 5.73 Å². The van der Waals surface area contributed by atoms with Crippen molar-refractivity contribution in [3.05, 3.63) is 46.7 Å². The molecule has 2 rings (SSSR count). The third-order valence-corrected chi connectivity index (χ3v) is 3.13. The third-order valence-electron chi connectivity index (χ3n) is 2.64. The van der Waals surface area contributed by atoms with Gasteiger partial charge in [0, 0.05) is 16.6 Å². The second-order valence-electron chi connectivity index (χ2n) is 3.83. The van der Waals surface area contributed by atoms with E-state index in [1.54, 1.807) is 18.2 Å². The second-order valence-corrected chi connectivity index (χ2v) is 4.74. The lowest BCUT2D eigenvalue weighted by molar-refractivity contribution is 0.212. The lowest BCUT2D eigenvalue weighted by Crippen LogP contribution is -2.34. The smallest absolute Gasteiger partial charge is 0.346 e. The number of halogens is 2. The molecular formula is C12H11BrFN3O. The highest BCUT2D eigenvalue weighted by Gasteiger charge is 2.35. The van der Waals surface area contributed by atoms with Crippen LogP contribution in [0.1, 0.15) is 11.6 Å². The first-order chi connectivity index (χ1) is 8.54. The molecule has 0 saturated carbocycles. The number of rotatable bonds is 3. The predicted octanol–water partition coefficient (Wildman–Crippen LogP) is 2.61. The number of carbonyl (C=O) groups excluding carboxylic acids is 1. The van der Waals surface area contributed by atoms with E-state index < -0.39 is 17.9 Å². The summed E-state index contributed by atoms with van der Waals surface area (Å²) in [6.07, 6.45) is 1.55. The predicted molar refractivity (Wildman–Crippen MR) is 70.8 cm³/mol. The molecule has 2 N–H and O–H groups in total. The van der Waals surface area contributed by atoms with Crippen molar-refractivity contribution in [2.24, 2.45) is 10.7 Å². The number of carbonyl (C=O) groups is 1. The molecular weight excluding hydrogens is 301 g/mol. The van der Waals surface area contributed by atoms with Crippen molar-refractivity contribution < 1.29 is 9.18 Å². The van der Waals surface area contributed by atoms with Gasteiger partial charge >= 0.3 is 6.03 Å². The van der Waals surface area contributed by atoms with Crippen LogP contribution in [-0.2, 0) is 0 Å². The third kappa shape index (κ3) is 2.15. The largest absolute Gasteiger partial charge is 0.385 e. The van der Waals surface area contributed by atoms with Crippen LogP contribution < -0.4 is 5.73 Å². The summed E-state index contributed by atoms with van der Waals surface area (Å²) in [6.45, 7) is 3.83. The number of hydrogen-bond donors (Lipinski definition) is 1. The first-order valence-electron chi connectivity index (χ1n) is 5.25. The number of amides is 2. The maximum absolute atomic E-state index is 13.8. The van der Waals surface area contributed by atoms with Gasteiger partial charge in [-0.15, -0.1) is 6.58 Å². The van der Waals surface area contributed by atoms with Crippen LogP contribution in [0.5, 0.6) is 0 Å². The van der Waals surface area contributed by atoms with Crippen molar-refractivity contribution >= 4 is 27.8 Å². The Morgan fingerprint density at radius 3 is 3.00 bits per heavy atom. The zero-order valence-corrected chi connectivity index (χ0v) is 11.0. The molecule has 1 aliphatic heterocycles. The van der Waals surface area contributed by atoms with Crippen LogP contribution in [0.15, 0.2) is 40.3 Å². The zero-order valence-electron chi connectivity index (χ0n) is 9.44. The van der Waals surface area contributed by atoms with Gasteiger partial charge in [0.2, 0.25) is 0 Å². The highest BCUT2D eigenvalue weighted by atomic mass is 79.9. The minimum absolute atomic E-state index is 0.0962. The van der Waals surface area contributed by atoms with Crippen molar-refractivity contribution in [3.8, 4) is 0 Å². The highest BCUT2D eigenvalue weighted by Crippen LogP contribution is 2.30. The zero-order chi connectivity index (χ0) is 13.3. The van der Waals surface area contributed by atoms with Crippen molar-refractivity contribution in [3.63, 3.8) is 0 Å². The lowest BCUT2D eigenvalue weighted by Gasteiger charge is -2.23. The Morgan fingerprint density at radius 2 is 2.33 bits per heavy atom. The molecule has 1 aromatic carbocycles. The Kier molecular flexibility index (Phi) is 3.47. The Labute approximate surface area is 112 Å². The minimum Gasteiger partial charge on any atom is -0.385 e. The van der Waals surface area contributed by atoms with Gasteiger partial charge in [0.25, 0.3) is 0 Å². The van der Waals surface area contributed by atoms with Gasteiger partial charge in [0.1, 0.15) is 17.7 Å². The Bertz CT molecular complexity index is 544. The van der Waals surface area contributed by atoms with E-state index in [2.05, 4.69) is 27.5 Å². The average molecular weight is 312 g/mol. The summed E-state index contributed by atoms with van der Waals surface area (Å²) in [7, 11) is 0. The molecule has 0 spiro atoms. The van der Waals surface area contributed by atoms with E-state index in [0.717, 1.165) is 0 Å². The van der Waals surface area contributed by atoms with Gasteiger partial charge in [-0.25, -0.2) is 9.18 Å². The van der Waals surface area contributed by atoms with E-state index in [9.17, 15) is 9.18 Å². The van der Waals surface area contributed by atoms with Crippen LogP contribution in [0.2, 0.25) is 0 Å². The summed E-state index contributed by atoms with van der Waals surface area (Å²) in [6, 6.07) is 3.35. The van der Waals surface area contributed by atoms with Crippen LogP contribution in [0, 0.1) is 5.82 Å². The number of urea groups is 1. The molecule has 0 aromatic heterocycles. The number of benzene rings is 1. The molecule has 1 aromatic rings. The molecule has 6 heteroatoms. The van der Waals surface area contributed by atoms with E-state index in [1.807, 2.05) is 0 Å². The maximum atomic E-state index is 13.8. The molecule has 0 bridgehead atoms. The summed E-state index contributed by atoms with van der Waals surface area (Å²) in [4.78, 5) is 16.7. The molecule has 0 saturated heterocycles. The van der Waals surface area contributed by atoms with Crippen molar-refractivity contribution in [2.75, 3.05) is 6.54 Å². The quantitative estimate of drug-likeness (QED) is 0.872. The molecule has 0 radical (unpaired) electrons. The molecule has 94 valence electrons. The van der Waals surface area contributed by atoms with Gasteiger partial charge in [-0.3, -0.25) is 0 Å². The van der Waals surface area contributed by atoms with Gasteiger partial charge in [0.05, 0.1) is 0 Å². The van der Waals surface area contributed by atoms with Crippen molar-refractivity contribution in [2.45, 2.75) is 6.04 Å². The summed E-state index contributed by atoms with van der Waals surface area (Å²) in [5, 5.41) is 0. The van der Waals surface area contributed by atoms with Crippen LogP contribution in [-0.4, -0.2) is 23.3 Å². The average Bonchev–Trinajstić information content (AvgIpc) is 2.58. The normalized spacial score (nSPS) is 19.0. The Morgan fingerprint density at radius 1 is 1.61 bits per heavy atom. The van der Waals surface area contributed by atoms with E-state index in [0.29, 0.717) is 10.0 Å². The summed E-state index contributed by atoms with van der Waals surface area (Å²) in [5.74, 6) is -0.330. The van der Waals surface area contributed by atoms with Crippen LogP contribution >= 0.6 is 15.9 Å². The number of hydrogen-bond acceptors (Lipinski definition) is 2. The van der Waals surface area contributed by atoms with Crippen LogP contribution in [0.25, 0.3) is 0 Å². The van der Waals surface area contributed by atoms with Gasteiger partial charge in [-0.1, -0.05) is 22.0 Å². The van der Waals surface area contributed by atoms with Gasteiger partial charge in [-0.05, 0) is 18.2 Å². The topological polar surface area (TPSA) is 58.7 Å². The number of aliphatic imine (C=N–C) groups is 1. The first kappa shape index (κ1) is 12.8. The monoisotopic (exact) mass is 311 g/mol. The van der Waals surface area contributed by atoms with E-state index in [-0.39, 0.29) is 12.4 Å². The molecule has 18 heavy (non-hydrogen) atoms. The molecule has 2 amide bonds. The fourth-order valence-electron chi connectivity index (χ4n) is 1.88. The van der Waals surface area contributed by atoms with Crippen molar-refractivity contribution in [1.82, 2.24) is 4.90 Å². The minimum atomic E-state index is -0.673. The molecule has 1 heterocycles. The van der Waals surface area contributed by atoms with Gasteiger partial charge in [-0.2, -0.15) is 4.99 Å². The molecule has 1 atom stereocenters. The molecule has 0 aliphatic carbocycles. The summed E-state index contributed by atoms with van der Waals surface area (Å²) >= 11 is 3.27. The van der Waals surface area contributed by atoms with Crippen LogP contribution in [0.3, 0.4) is 0 Å². The van der Waals surface area contributed by atoms with E-state index >= 15 is 0 Å². The Balaban J connectivity index is 2.47. The SMILES string of the molecule is C=CCN1C(=O)N=C(N)C1c1cc(Br)ccc1F. The van der Waals surface area contributed by atoms with Crippen LogP contribution in [0.4, 0.5) is 9.18 Å². The summed E-state index contributed by atoms with van der Waals surface area (Å²) < 4.78 is 14.6. The first-order valence-corrected chi connectivity index (χ1v) is 6.04. The number of nitrogens with zero attached hydrogens (tertiary/aromatic N) is 2. The van der Waals surface area contributed by atoms with Gasteiger partial charge in [0.15, 0.2) is 0 Å². The van der Waals surface area contributed by atoms with E-state index in [1.165, 1.54) is 11.0 Å². The van der Waals surface area contributed by atoms with Gasteiger partial charge < -0.3 is 10.6 Å². The number of nitrogens with two attached hydrogens (primary N) is 1. The highest BCUT2D eigenvalue weighted by molar-refractivity contribution is 9.10. The fraction of sp³-hybridized carbons (Fsp3) is 0.167. The maximum Gasteiger partial charge on any atom is 0.346 e. The lowest BCUT2D eigenvalue weighted by atomic mass is 10.0. The molecule has 4 nitrogen and oxygen atoms in total.